The van der Waals surface area contributed by atoms with Crippen molar-refractivity contribution in [3.8, 4) is 0 Å². The molecule has 8 atom stereocenters. The SMILES string of the molecule is CC(=O)[C@H]1CC[C@H]2[C@@H]3CC[C@H]4C[C@](C)(OC(=O)COC(=O)C(C)(C)S)CC[C@]4(C)[C@H]3CC[C@]12C. The molecule has 34 heavy (non-hydrogen) atoms. The first-order chi connectivity index (χ1) is 15.7. The van der Waals surface area contributed by atoms with Crippen molar-refractivity contribution in [3.05, 3.63) is 0 Å². The van der Waals surface area contributed by atoms with Crippen molar-refractivity contribution in [2.75, 3.05) is 6.61 Å². The number of Topliss-reactive ketones (excluding diaryl/α,β-unsaturated/α-hetero) is 1. The van der Waals surface area contributed by atoms with E-state index in [0.29, 0.717) is 23.5 Å². The Morgan fingerprint density at radius 1 is 0.912 bits per heavy atom. The van der Waals surface area contributed by atoms with Crippen molar-refractivity contribution in [2.45, 2.75) is 110 Å². The molecule has 4 saturated carbocycles. The van der Waals surface area contributed by atoms with Gasteiger partial charge in [0.1, 0.15) is 16.1 Å². The lowest BCUT2D eigenvalue weighted by atomic mass is 9.44. The topological polar surface area (TPSA) is 69.7 Å². The van der Waals surface area contributed by atoms with Crippen LogP contribution in [0.1, 0.15) is 99.3 Å². The van der Waals surface area contributed by atoms with E-state index >= 15 is 0 Å². The highest BCUT2D eigenvalue weighted by Gasteiger charge is 2.61. The van der Waals surface area contributed by atoms with E-state index in [0.717, 1.165) is 31.6 Å². The minimum atomic E-state index is -0.935. The van der Waals surface area contributed by atoms with Crippen molar-refractivity contribution in [3.63, 3.8) is 0 Å². The summed E-state index contributed by atoms with van der Waals surface area (Å²) in [5.41, 5.74) is -0.0475. The first kappa shape index (κ1) is 26.0. The van der Waals surface area contributed by atoms with Gasteiger partial charge in [-0.3, -0.25) is 9.59 Å². The maximum atomic E-state index is 12.5. The second-order valence-electron chi connectivity index (χ2n) is 13.2. The summed E-state index contributed by atoms with van der Waals surface area (Å²) in [5, 5.41) is 0. The van der Waals surface area contributed by atoms with Gasteiger partial charge < -0.3 is 9.47 Å². The first-order valence-electron chi connectivity index (χ1n) is 13.3. The average Bonchev–Trinajstić information content (AvgIpc) is 3.09. The standard InChI is InChI=1S/C28H44O5S/c1-17(29)20-9-10-21-19-8-7-18-15-26(4,33-23(30)16-32-24(31)25(2,3)34)13-14-27(18,5)22(19)11-12-28(20,21)6/h18-22,34H,7-16H2,1-6H3/t18-,19-,20+,21-,22-,26+,27-,28+/m0/s1. The zero-order valence-electron chi connectivity index (χ0n) is 21.9. The molecule has 4 fully saturated rings. The molecular formula is C28H44O5S. The highest BCUT2D eigenvalue weighted by Crippen LogP contribution is 2.68. The molecule has 0 unspecified atom stereocenters. The van der Waals surface area contributed by atoms with E-state index in [1.54, 1.807) is 20.8 Å². The smallest absolute Gasteiger partial charge is 0.344 e. The Morgan fingerprint density at radius 3 is 2.24 bits per heavy atom. The lowest BCUT2D eigenvalue weighted by Crippen LogP contribution is -2.56. The van der Waals surface area contributed by atoms with E-state index in [1.807, 2.05) is 6.92 Å². The molecule has 6 heteroatoms. The molecule has 0 radical (unpaired) electrons. The zero-order chi connectivity index (χ0) is 25.1. The molecule has 0 aromatic rings. The van der Waals surface area contributed by atoms with Crippen molar-refractivity contribution in [1.29, 1.82) is 0 Å². The van der Waals surface area contributed by atoms with E-state index in [2.05, 4.69) is 26.5 Å². The van der Waals surface area contributed by atoms with Gasteiger partial charge >= 0.3 is 11.9 Å². The third-order valence-corrected chi connectivity index (χ3v) is 10.8. The number of carbonyl (C=O) groups excluding carboxylic acids is 3. The lowest BCUT2D eigenvalue weighted by Gasteiger charge is -2.62. The second kappa shape index (κ2) is 8.81. The van der Waals surface area contributed by atoms with E-state index in [1.165, 1.54) is 32.1 Å². The molecule has 0 N–H and O–H groups in total. The second-order valence-corrected chi connectivity index (χ2v) is 14.3. The third kappa shape index (κ3) is 4.46. The summed E-state index contributed by atoms with van der Waals surface area (Å²) in [6.45, 7) is 11.7. The largest absolute Gasteiger partial charge is 0.457 e. The molecule has 4 aliphatic rings. The summed E-state index contributed by atoms with van der Waals surface area (Å²) < 4.78 is 10.1. The molecule has 0 aromatic heterocycles. The summed E-state index contributed by atoms with van der Waals surface area (Å²) in [6, 6.07) is 0. The normalized spacial score (nSPS) is 43.8. The van der Waals surface area contributed by atoms with Gasteiger partial charge in [0.15, 0.2) is 6.61 Å². The Bertz CT molecular complexity index is 848. The van der Waals surface area contributed by atoms with E-state index < -0.39 is 22.3 Å². The zero-order valence-corrected chi connectivity index (χ0v) is 22.8. The molecule has 5 nitrogen and oxygen atoms in total. The quantitative estimate of drug-likeness (QED) is 0.389. The number of thiol groups is 1. The molecule has 0 saturated heterocycles. The summed E-state index contributed by atoms with van der Waals surface area (Å²) in [7, 11) is 0. The van der Waals surface area contributed by atoms with Gasteiger partial charge in [0.2, 0.25) is 0 Å². The van der Waals surface area contributed by atoms with Crippen LogP contribution in [-0.4, -0.2) is 34.7 Å². The van der Waals surface area contributed by atoms with Crippen molar-refractivity contribution in [2.24, 2.45) is 40.4 Å². The van der Waals surface area contributed by atoms with Gasteiger partial charge in [-0.15, -0.1) is 0 Å². The fourth-order valence-electron chi connectivity index (χ4n) is 8.78. The first-order valence-corrected chi connectivity index (χ1v) is 13.8. The Kier molecular flexibility index (Phi) is 6.75. The van der Waals surface area contributed by atoms with Crippen LogP contribution in [0, 0.1) is 40.4 Å². The molecule has 0 bridgehead atoms. The maximum Gasteiger partial charge on any atom is 0.344 e. The summed E-state index contributed by atoms with van der Waals surface area (Å²) in [6.07, 6.45) is 9.86. The molecule has 4 aliphatic carbocycles. The Hall–Kier alpha value is -1.04. The van der Waals surface area contributed by atoms with Crippen LogP contribution in [0.5, 0.6) is 0 Å². The van der Waals surface area contributed by atoms with E-state index in [9.17, 15) is 14.4 Å². The van der Waals surface area contributed by atoms with Crippen LogP contribution < -0.4 is 0 Å². The number of ketones is 1. The minimum absolute atomic E-state index is 0.188. The van der Waals surface area contributed by atoms with Gasteiger partial charge in [-0.25, -0.2) is 4.79 Å². The van der Waals surface area contributed by atoms with Crippen LogP contribution in [-0.2, 0) is 23.9 Å². The van der Waals surface area contributed by atoms with Crippen molar-refractivity contribution >= 4 is 30.4 Å². The fraction of sp³-hybridized carbons (Fsp3) is 0.893. The highest BCUT2D eigenvalue weighted by atomic mass is 32.1. The number of hydrogen-bond acceptors (Lipinski definition) is 6. The predicted molar refractivity (Wildman–Crippen MR) is 134 cm³/mol. The number of ether oxygens (including phenoxy) is 2. The van der Waals surface area contributed by atoms with Gasteiger partial charge in [-0.2, -0.15) is 12.6 Å². The summed E-state index contributed by atoms with van der Waals surface area (Å²) in [4.78, 5) is 36.8. The number of esters is 2. The molecular weight excluding hydrogens is 448 g/mol. The number of fused-ring (bicyclic) bond motifs is 5. The fourth-order valence-corrected chi connectivity index (χ4v) is 8.85. The summed E-state index contributed by atoms with van der Waals surface area (Å²) in [5.74, 6) is 2.29. The molecule has 4 rings (SSSR count). The average molecular weight is 493 g/mol. The van der Waals surface area contributed by atoms with Crippen LogP contribution in [0.2, 0.25) is 0 Å². The van der Waals surface area contributed by atoms with Crippen LogP contribution in [0.25, 0.3) is 0 Å². The molecule has 0 heterocycles. The third-order valence-electron chi connectivity index (χ3n) is 10.6. The molecule has 192 valence electrons. The Morgan fingerprint density at radius 2 is 1.59 bits per heavy atom. The van der Waals surface area contributed by atoms with E-state index in [-0.39, 0.29) is 23.4 Å². The lowest BCUT2D eigenvalue weighted by molar-refractivity contribution is -0.186. The van der Waals surface area contributed by atoms with Gasteiger partial charge in [-0.1, -0.05) is 13.8 Å². The minimum Gasteiger partial charge on any atom is -0.457 e. The van der Waals surface area contributed by atoms with Crippen LogP contribution in [0.15, 0.2) is 0 Å². The molecule has 0 aromatic carbocycles. The molecule has 0 aliphatic heterocycles. The number of hydrogen-bond donors (Lipinski definition) is 1. The van der Waals surface area contributed by atoms with Crippen LogP contribution >= 0.6 is 12.6 Å². The number of rotatable bonds is 5. The summed E-state index contributed by atoms with van der Waals surface area (Å²) >= 11 is 4.20. The predicted octanol–water partition coefficient (Wildman–Crippen LogP) is 5.79. The number of carbonyl (C=O) groups is 3. The highest BCUT2D eigenvalue weighted by molar-refractivity contribution is 7.82. The van der Waals surface area contributed by atoms with Gasteiger partial charge in [-0.05, 0) is 120 Å². The Balaban J connectivity index is 1.40. The van der Waals surface area contributed by atoms with Crippen molar-refractivity contribution < 1.29 is 23.9 Å². The van der Waals surface area contributed by atoms with Gasteiger partial charge in [0.25, 0.3) is 0 Å². The van der Waals surface area contributed by atoms with Crippen LogP contribution in [0.4, 0.5) is 0 Å². The molecule has 0 spiro atoms. The molecule has 0 amide bonds. The maximum absolute atomic E-state index is 12.5. The van der Waals surface area contributed by atoms with Gasteiger partial charge in [0, 0.05) is 5.92 Å². The Labute approximate surface area is 210 Å². The monoisotopic (exact) mass is 492 g/mol. The van der Waals surface area contributed by atoms with Crippen LogP contribution in [0.3, 0.4) is 0 Å². The van der Waals surface area contributed by atoms with Gasteiger partial charge in [0.05, 0.1) is 0 Å². The van der Waals surface area contributed by atoms with E-state index in [4.69, 9.17) is 9.47 Å². The van der Waals surface area contributed by atoms with Crippen molar-refractivity contribution in [1.82, 2.24) is 0 Å².